The summed E-state index contributed by atoms with van der Waals surface area (Å²) in [5.41, 5.74) is -1.00. The summed E-state index contributed by atoms with van der Waals surface area (Å²) in [7, 11) is 0. The van der Waals surface area contributed by atoms with Crippen molar-refractivity contribution < 1.29 is 48.1 Å². The average Bonchev–Trinajstić information content (AvgIpc) is 2.71. The number of oxime groups is 1. The smallest absolute Gasteiger partial charge is 0.303 e. The van der Waals surface area contributed by atoms with Gasteiger partial charge in [0.05, 0.1) is 0 Å². The fourth-order valence-corrected chi connectivity index (χ4v) is 4.69. The Morgan fingerprint density at radius 1 is 0.879 bits per heavy atom. The minimum absolute atomic E-state index is 0.311. The lowest BCUT2D eigenvalue weighted by molar-refractivity contribution is -0.237. The van der Waals surface area contributed by atoms with Crippen molar-refractivity contribution in [2.24, 2.45) is 5.16 Å². The number of hydrogen-bond donors (Lipinski definition) is 1. The predicted octanol–water partition coefficient (Wildman–Crippen LogP) is 2.12. The highest BCUT2D eigenvalue weighted by Gasteiger charge is 2.52. The van der Waals surface area contributed by atoms with Gasteiger partial charge in [-0.05, 0) is 31.3 Å². The molecule has 5 atom stereocenters. The molecule has 0 aliphatic carbocycles. The van der Waals surface area contributed by atoms with Crippen LogP contribution in [0.4, 0.5) is 0 Å². The van der Waals surface area contributed by atoms with Crippen molar-refractivity contribution in [3.8, 4) is 0 Å². The Bertz CT molecular complexity index is 717. The van der Waals surface area contributed by atoms with Crippen LogP contribution in [0.1, 0.15) is 47.0 Å². The first-order chi connectivity index (χ1) is 15.6. The number of unbranched alkanes of at least 4 members (excludes halogenated alkanes) is 1. The van der Waals surface area contributed by atoms with Crippen LogP contribution in [0.15, 0.2) is 5.16 Å². The first-order valence-electron chi connectivity index (χ1n) is 10.3. The minimum Gasteiger partial charge on any atom is -0.463 e. The van der Waals surface area contributed by atoms with E-state index in [9.17, 15) is 24.4 Å². The first kappa shape index (κ1) is 29.0. The average molecular weight is 510 g/mol. The molecule has 1 N–H and O–H groups in total. The molecule has 0 aromatic heterocycles. The van der Waals surface area contributed by atoms with Crippen molar-refractivity contribution in [1.82, 2.24) is 0 Å². The maximum Gasteiger partial charge on any atom is 0.303 e. The molecule has 0 radical (unpaired) electrons. The number of nitrogens with zero attached hydrogens (tertiary/aromatic N) is 1. The molecule has 0 spiro atoms. The van der Waals surface area contributed by atoms with Crippen LogP contribution in [-0.2, 0) is 42.9 Å². The Hall–Kier alpha value is -1.99. The molecule has 0 bridgehead atoms. The van der Waals surface area contributed by atoms with Gasteiger partial charge in [-0.25, -0.2) is 0 Å². The topological polar surface area (TPSA) is 147 Å². The van der Waals surface area contributed by atoms with Crippen LogP contribution in [0.2, 0.25) is 0 Å². The van der Waals surface area contributed by atoms with E-state index < -0.39 is 53.7 Å². The standard InChI is InChI=1S/C20H31NO10S2/c1-11(22)27-10-15-17(28-12(2)23)18(29-13(3)24)19(30-14(4)25)20(31-15)33-16(21-26)8-6-7-9-32-5/h15,17-20,26H,6-10H2,1-5H3/b21-16-/t15-,17-,18+,19-,20+/m1/s1. The maximum atomic E-state index is 11.8. The van der Waals surface area contributed by atoms with Crippen LogP contribution in [0.25, 0.3) is 0 Å². The number of esters is 4. The number of hydrogen-bond acceptors (Lipinski definition) is 13. The van der Waals surface area contributed by atoms with Crippen molar-refractivity contribution in [2.45, 2.75) is 76.8 Å². The first-order valence-corrected chi connectivity index (χ1v) is 12.5. The van der Waals surface area contributed by atoms with E-state index in [1.165, 1.54) is 13.8 Å². The Kier molecular flexibility index (Phi) is 13.2. The molecular formula is C20H31NO10S2. The zero-order chi connectivity index (χ0) is 25.0. The Morgan fingerprint density at radius 3 is 1.97 bits per heavy atom. The Labute approximate surface area is 201 Å². The van der Waals surface area contributed by atoms with Crippen LogP contribution >= 0.6 is 23.5 Å². The molecule has 13 heteroatoms. The molecule has 1 aliphatic rings. The van der Waals surface area contributed by atoms with Gasteiger partial charge in [-0.3, -0.25) is 19.2 Å². The molecule has 33 heavy (non-hydrogen) atoms. The van der Waals surface area contributed by atoms with Gasteiger partial charge in [0.15, 0.2) is 18.3 Å². The van der Waals surface area contributed by atoms with E-state index in [4.69, 9.17) is 23.7 Å². The lowest BCUT2D eigenvalue weighted by Gasteiger charge is -2.44. The fraction of sp³-hybridized carbons (Fsp3) is 0.750. The minimum atomic E-state index is -1.25. The van der Waals surface area contributed by atoms with Gasteiger partial charge in [0.2, 0.25) is 0 Å². The molecule has 188 valence electrons. The van der Waals surface area contributed by atoms with Gasteiger partial charge in [0.1, 0.15) is 23.2 Å². The van der Waals surface area contributed by atoms with Gasteiger partial charge in [-0.2, -0.15) is 11.8 Å². The van der Waals surface area contributed by atoms with Crippen molar-refractivity contribution in [2.75, 3.05) is 18.6 Å². The molecule has 0 amide bonds. The second-order valence-electron chi connectivity index (χ2n) is 7.13. The van der Waals surface area contributed by atoms with Crippen LogP contribution in [-0.4, -0.2) is 82.6 Å². The molecule has 1 heterocycles. The normalized spacial score (nSPS) is 25.1. The summed E-state index contributed by atoms with van der Waals surface area (Å²) >= 11 is 2.69. The quantitative estimate of drug-likeness (QED) is 0.0827. The summed E-state index contributed by atoms with van der Waals surface area (Å²) in [4.78, 5) is 46.8. The SMILES string of the molecule is CSCCCC/C(=N/O)S[C@@H]1O[C@H](COC(C)=O)[C@@H](OC(C)=O)[C@H](OC(C)=O)[C@H]1OC(C)=O. The van der Waals surface area contributed by atoms with E-state index in [0.29, 0.717) is 11.5 Å². The van der Waals surface area contributed by atoms with E-state index in [-0.39, 0.29) is 6.61 Å². The number of thioether (sulfide) groups is 2. The lowest BCUT2D eigenvalue weighted by Crippen LogP contribution is -2.61. The van der Waals surface area contributed by atoms with Crippen LogP contribution in [0, 0.1) is 0 Å². The van der Waals surface area contributed by atoms with Crippen molar-refractivity contribution in [3.63, 3.8) is 0 Å². The van der Waals surface area contributed by atoms with Gasteiger partial charge in [-0.15, -0.1) is 0 Å². The third kappa shape index (κ3) is 10.7. The van der Waals surface area contributed by atoms with E-state index in [1.807, 2.05) is 6.26 Å². The molecule has 0 aromatic carbocycles. The maximum absolute atomic E-state index is 11.8. The van der Waals surface area contributed by atoms with E-state index in [0.717, 1.165) is 44.2 Å². The second-order valence-corrected chi connectivity index (χ2v) is 9.29. The summed E-state index contributed by atoms with van der Waals surface area (Å²) in [5.74, 6) is -1.75. The molecule has 1 rings (SSSR count). The monoisotopic (exact) mass is 509 g/mol. The zero-order valence-corrected chi connectivity index (χ0v) is 20.9. The van der Waals surface area contributed by atoms with E-state index >= 15 is 0 Å². The molecule has 0 unspecified atom stereocenters. The van der Waals surface area contributed by atoms with E-state index in [1.54, 1.807) is 11.8 Å². The molecule has 0 saturated carbocycles. The van der Waals surface area contributed by atoms with Crippen LogP contribution in [0.3, 0.4) is 0 Å². The molecular weight excluding hydrogens is 478 g/mol. The highest BCUT2D eigenvalue weighted by molar-refractivity contribution is 8.14. The predicted molar refractivity (Wildman–Crippen MR) is 121 cm³/mol. The van der Waals surface area contributed by atoms with E-state index in [2.05, 4.69) is 5.16 Å². The molecule has 1 fully saturated rings. The Balaban J connectivity index is 3.25. The number of carbonyl (C=O) groups is 4. The summed E-state index contributed by atoms with van der Waals surface area (Å²) in [6, 6.07) is 0. The van der Waals surface area contributed by atoms with Crippen LogP contribution < -0.4 is 0 Å². The van der Waals surface area contributed by atoms with Crippen molar-refractivity contribution >= 4 is 52.4 Å². The van der Waals surface area contributed by atoms with Gasteiger partial charge < -0.3 is 28.9 Å². The fourth-order valence-electron chi connectivity index (χ4n) is 3.07. The second kappa shape index (κ2) is 15.0. The highest BCUT2D eigenvalue weighted by atomic mass is 32.2. The van der Waals surface area contributed by atoms with Gasteiger partial charge in [0.25, 0.3) is 0 Å². The molecule has 0 aromatic rings. The summed E-state index contributed by atoms with van der Waals surface area (Å²) < 4.78 is 27.1. The third-order valence-corrected chi connectivity index (χ3v) is 6.17. The summed E-state index contributed by atoms with van der Waals surface area (Å²) in [6.07, 6.45) is -0.624. The van der Waals surface area contributed by atoms with Gasteiger partial charge >= 0.3 is 23.9 Å². The largest absolute Gasteiger partial charge is 0.463 e. The third-order valence-electron chi connectivity index (χ3n) is 4.30. The van der Waals surface area contributed by atoms with Crippen molar-refractivity contribution in [1.29, 1.82) is 0 Å². The summed E-state index contributed by atoms with van der Waals surface area (Å²) in [6.45, 7) is 4.36. The zero-order valence-electron chi connectivity index (χ0n) is 19.3. The van der Waals surface area contributed by atoms with Crippen molar-refractivity contribution in [3.05, 3.63) is 0 Å². The highest BCUT2D eigenvalue weighted by Crippen LogP contribution is 2.35. The lowest BCUT2D eigenvalue weighted by atomic mass is 9.99. The molecule has 11 nitrogen and oxygen atoms in total. The Morgan fingerprint density at radius 2 is 1.45 bits per heavy atom. The number of ether oxygens (including phenoxy) is 5. The number of rotatable bonds is 11. The molecule has 1 saturated heterocycles. The molecule has 1 aliphatic heterocycles. The van der Waals surface area contributed by atoms with Crippen LogP contribution in [0.5, 0.6) is 0 Å². The van der Waals surface area contributed by atoms with Gasteiger partial charge in [0, 0.05) is 27.7 Å². The van der Waals surface area contributed by atoms with Gasteiger partial charge in [-0.1, -0.05) is 16.9 Å². The number of carbonyl (C=O) groups excluding carboxylic acids is 4. The summed E-state index contributed by atoms with van der Waals surface area (Å²) in [5, 5.41) is 13.1.